The number of rotatable bonds is 4. The van der Waals surface area contributed by atoms with Crippen LogP contribution in [-0.2, 0) is 16.0 Å². The van der Waals surface area contributed by atoms with E-state index in [-0.39, 0.29) is 17.6 Å². The quantitative estimate of drug-likeness (QED) is 0.534. The lowest BCUT2D eigenvalue weighted by Gasteiger charge is -2.23. The lowest BCUT2D eigenvalue weighted by molar-refractivity contribution is -0.123. The third kappa shape index (κ3) is 4.87. The van der Waals surface area contributed by atoms with Gasteiger partial charge < -0.3 is 15.8 Å². The van der Waals surface area contributed by atoms with E-state index < -0.39 is 5.91 Å². The SMILES string of the molecule is NC(=S)N(NC(=O)COc1ccc2c(c1)CCC(=O)N2)c1ccc(Cl)cc1. The van der Waals surface area contributed by atoms with Gasteiger partial charge in [0.05, 0.1) is 5.69 Å². The number of halogens is 1. The van der Waals surface area contributed by atoms with Crippen LogP contribution in [0.3, 0.4) is 0 Å². The Morgan fingerprint density at radius 1 is 1.26 bits per heavy atom. The van der Waals surface area contributed by atoms with Crippen molar-refractivity contribution in [3.8, 4) is 5.75 Å². The number of nitrogens with one attached hydrogen (secondary N) is 2. The molecular weight excluding hydrogens is 388 g/mol. The fourth-order valence-electron chi connectivity index (χ4n) is 2.59. The fourth-order valence-corrected chi connectivity index (χ4v) is 2.87. The van der Waals surface area contributed by atoms with Crippen LogP contribution >= 0.6 is 23.8 Å². The van der Waals surface area contributed by atoms with Crippen molar-refractivity contribution in [1.82, 2.24) is 5.43 Å². The molecule has 0 aromatic heterocycles. The molecule has 7 nitrogen and oxygen atoms in total. The van der Waals surface area contributed by atoms with Crippen molar-refractivity contribution in [3.05, 3.63) is 53.1 Å². The number of hydrogen-bond acceptors (Lipinski definition) is 4. The molecule has 140 valence electrons. The van der Waals surface area contributed by atoms with Crippen molar-refractivity contribution in [2.45, 2.75) is 12.8 Å². The number of carbonyl (C=O) groups excluding carboxylic acids is 2. The molecular formula is C18H17ClN4O3S. The van der Waals surface area contributed by atoms with Gasteiger partial charge in [-0.2, -0.15) is 0 Å². The van der Waals surface area contributed by atoms with E-state index in [1.54, 1.807) is 36.4 Å². The first-order valence-electron chi connectivity index (χ1n) is 8.12. The first kappa shape index (κ1) is 18.9. The molecule has 3 rings (SSSR count). The highest BCUT2D eigenvalue weighted by Crippen LogP contribution is 2.26. The molecule has 27 heavy (non-hydrogen) atoms. The van der Waals surface area contributed by atoms with Gasteiger partial charge in [-0.1, -0.05) is 11.6 Å². The average Bonchev–Trinajstić information content (AvgIpc) is 2.65. The topological polar surface area (TPSA) is 96.7 Å². The zero-order valence-corrected chi connectivity index (χ0v) is 15.8. The smallest absolute Gasteiger partial charge is 0.276 e. The molecule has 2 aromatic rings. The number of amides is 2. The summed E-state index contributed by atoms with van der Waals surface area (Å²) < 4.78 is 5.54. The lowest BCUT2D eigenvalue weighted by atomic mass is 10.0. The van der Waals surface area contributed by atoms with E-state index in [0.717, 1.165) is 11.3 Å². The van der Waals surface area contributed by atoms with E-state index in [4.69, 9.17) is 34.3 Å². The maximum absolute atomic E-state index is 12.2. The second kappa shape index (κ2) is 8.24. The Labute approximate surface area is 166 Å². The molecule has 1 heterocycles. The maximum atomic E-state index is 12.2. The number of carbonyl (C=O) groups is 2. The van der Waals surface area contributed by atoms with Crippen molar-refractivity contribution in [3.63, 3.8) is 0 Å². The molecule has 0 atom stereocenters. The second-order valence-corrected chi connectivity index (χ2v) is 6.70. The van der Waals surface area contributed by atoms with Crippen molar-refractivity contribution < 1.29 is 14.3 Å². The summed E-state index contributed by atoms with van der Waals surface area (Å²) >= 11 is 10.8. The zero-order chi connectivity index (χ0) is 19.4. The molecule has 0 fully saturated rings. The Bertz CT molecular complexity index is 889. The molecule has 4 N–H and O–H groups in total. The number of nitrogens with two attached hydrogens (primary N) is 1. The second-order valence-electron chi connectivity index (χ2n) is 5.84. The molecule has 0 bridgehead atoms. The van der Waals surface area contributed by atoms with Crippen LogP contribution in [-0.4, -0.2) is 23.5 Å². The van der Waals surface area contributed by atoms with Gasteiger partial charge in [0.2, 0.25) is 5.91 Å². The van der Waals surface area contributed by atoms with Crippen LogP contribution in [0.5, 0.6) is 5.75 Å². The summed E-state index contributed by atoms with van der Waals surface area (Å²) in [7, 11) is 0. The minimum absolute atomic E-state index is 0.00408. The van der Waals surface area contributed by atoms with E-state index in [1.165, 1.54) is 5.01 Å². The number of aryl methyl sites for hydroxylation is 1. The summed E-state index contributed by atoms with van der Waals surface area (Å²) in [4.78, 5) is 23.6. The van der Waals surface area contributed by atoms with Crippen LogP contribution in [0.4, 0.5) is 11.4 Å². The van der Waals surface area contributed by atoms with Crippen molar-refractivity contribution in [1.29, 1.82) is 0 Å². The summed E-state index contributed by atoms with van der Waals surface area (Å²) in [5.74, 6) is 0.104. The number of nitrogens with zero attached hydrogens (tertiary/aromatic N) is 1. The van der Waals surface area contributed by atoms with Crippen LogP contribution in [0.25, 0.3) is 0 Å². The average molecular weight is 405 g/mol. The van der Waals surface area contributed by atoms with E-state index in [1.807, 2.05) is 6.07 Å². The predicted octanol–water partition coefficient (Wildman–Crippen LogP) is 2.38. The number of hydrazine groups is 1. The molecule has 0 saturated heterocycles. The van der Waals surface area contributed by atoms with Gasteiger partial charge in [-0.15, -0.1) is 0 Å². The van der Waals surface area contributed by atoms with Gasteiger partial charge in [-0.05, 0) is 66.7 Å². The summed E-state index contributed by atoms with van der Waals surface area (Å²) in [6.45, 7) is -0.224. The molecule has 2 aromatic carbocycles. The summed E-state index contributed by atoms with van der Waals surface area (Å²) in [5.41, 5.74) is 10.6. The Morgan fingerprint density at radius 2 is 2.00 bits per heavy atom. The molecule has 9 heteroatoms. The highest BCUT2D eigenvalue weighted by Gasteiger charge is 2.16. The van der Waals surface area contributed by atoms with E-state index in [2.05, 4.69) is 10.7 Å². The molecule has 0 spiro atoms. The van der Waals surface area contributed by atoms with Crippen LogP contribution in [0, 0.1) is 0 Å². The number of anilines is 2. The maximum Gasteiger partial charge on any atom is 0.276 e. The van der Waals surface area contributed by atoms with Gasteiger partial charge in [0.1, 0.15) is 5.75 Å². The van der Waals surface area contributed by atoms with Crippen molar-refractivity contribution in [2.24, 2.45) is 5.73 Å². The first-order chi connectivity index (χ1) is 12.9. The van der Waals surface area contributed by atoms with Gasteiger partial charge in [0, 0.05) is 17.1 Å². The largest absolute Gasteiger partial charge is 0.484 e. The van der Waals surface area contributed by atoms with Gasteiger partial charge in [-0.3, -0.25) is 15.0 Å². The molecule has 0 saturated carbocycles. The molecule has 0 unspecified atom stereocenters. The highest BCUT2D eigenvalue weighted by atomic mass is 35.5. The van der Waals surface area contributed by atoms with Gasteiger partial charge in [-0.25, -0.2) is 5.01 Å². The van der Waals surface area contributed by atoms with Crippen molar-refractivity contribution >= 4 is 52.1 Å². The van der Waals surface area contributed by atoms with Crippen LogP contribution in [0.1, 0.15) is 12.0 Å². The molecule has 2 amide bonds. The van der Waals surface area contributed by atoms with Crippen LogP contribution in [0.2, 0.25) is 5.02 Å². The lowest BCUT2D eigenvalue weighted by Crippen LogP contribution is -2.50. The number of hydrogen-bond donors (Lipinski definition) is 3. The Morgan fingerprint density at radius 3 is 2.70 bits per heavy atom. The van der Waals surface area contributed by atoms with E-state index >= 15 is 0 Å². The molecule has 1 aliphatic heterocycles. The minimum atomic E-state index is -0.427. The van der Waals surface area contributed by atoms with Crippen LogP contribution in [0.15, 0.2) is 42.5 Å². The van der Waals surface area contributed by atoms with Crippen molar-refractivity contribution in [2.75, 3.05) is 16.9 Å². The van der Waals surface area contributed by atoms with Gasteiger partial charge >= 0.3 is 0 Å². The Kier molecular flexibility index (Phi) is 5.78. The van der Waals surface area contributed by atoms with E-state index in [9.17, 15) is 9.59 Å². The number of ether oxygens (including phenoxy) is 1. The normalized spacial score (nSPS) is 12.6. The molecule has 0 aliphatic carbocycles. The highest BCUT2D eigenvalue weighted by molar-refractivity contribution is 7.80. The monoisotopic (exact) mass is 404 g/mol. The van der Waals surface area contributed by atoms with E-state index in [0.29, 0.717) is 29.3 Å². The minimum Gasteiger partial charge on any atom is -0.484 e. The fraction of sp³-hybridized carbons (Fsp3) is 0.167. The van der Waals surface area contributed by atoms with Gasteiger partial charge in [0.15, 0.2) is 11.7 Å². The number of fused-ring (bicyclic) bond motifs is 1. The third-order valence-electron chi connectivity index (χ3n) is 3.88. The third-order valence-corrected chi connectivity index (χ3v) is 4.32. The van der Waals surface area contributed by atoms with Gasteiger partial charge in [0.25, 0.3) is 5.91 Å². The summed E-state index contributed by atoms with van der Waals surface area (Å²) in [6, 6.07) is 12.0. The molecule has 1 aliphatic rings. The summed E-state index contributed by atoms with van der Waals surface area (Å²) in [6.07, 6.45) is 1.07. The first-order valence-corrected chi connectivity index (χ1v) is 8.91. The van der Waals surface area contributed by atoms with Crippen LogP contribution < -0.4 is 26.2 Å². The Hall–Kier alpha value is -2.84. The zero-order valence-electron chi connectivity index (χ0n) is 14.2. The molecule has 0 radical (unpaired) electrons. The standard InChI is InChI=1S/C18H17ClN4O3S/c19-12-2-4-13(5-3-12)23(18(20)27)22-17(25)10-26-14-6-7-15-11(9-14)1-8-16(24)21-15/h2-7,9H,1,8,10H2,(H2,20,27)(H,21,24)(H,22,25). The predicted molar refractivity (Wildman–Crippen MR) is 108 cm³/mol. The number of thiocarbonyl (C=S) groups is 1. The number of benzene rings is 2. The summed E-state index contributed by atoms with van der Waals surface area (Å²) in [5, 5.41) is 4.61. The Balaban J connectivity index is 1.60.